The molecule has 2 amide bonds. The zero-order chi connectivity index (χ0) is 18.1. The van der Waals surface area contributed by atoms with E-state index in [1.807, 2.05) is 4.90 Å². The van der Waals surface area contributed by atoms with Crippen molar-refractivity contribution in [1.29, 1.82) is 0 Å². The van der Waals surface area contributed by atoms with E-state index in [0.29, 0.717) is 11.3 Å². The summed E-state index contributed by atoms with van der Waals surface area (Å²) >= 11 is 0. The molecule has 0 bridgehead atoms. The van der Waals surface area contributed by atoms with E-state index in [1.54, 1.807) is 36.5 Å². The number of hydrogen-bond acceptors (Lipinski definition) is 4. The van der Waals surface area contributed by atoms with Crippen molar-refractivity contribution in [3.63, 3.8) is 0 Å². The third-order valence-corrected chi connectivity index (χ3v) is 4.87. The Morgan fingerprint density at radius 2 is 2.12 bits per heavy atom. The molecule has 2 aromatic rings. The summed E-state index contributed by atoms with van der Waals surface area (Å²) in [6.07, 6.45) is 3.39. The highest BCUT2D eigenvalue weighted by Crippen LogP contribution is 2.37. The lowest BCUT2D eigenvalue weighted by atomic mass is 10.1. The lowest BCUT2D eigenvalue weighted by Crippen LogP contribution is -2.53. The number of nitrogens with one attached hydrogen (secondary N) is 1. The Kier molecular flexibility index (Phi) is 4.28. The summed E-state index contributed by atoms with van der Waals surface area (Å²) in [7, 11) is 0. The van der Waals surface area contributed by atoms with Gasteiger partial charge in [0.05, 0.1) is 5.69 Å². The summed E-state index contributed by atoms with van der Waals surface area (Å²) in [6, 6.07) is 9.60. The van der Waals surface area contributed by atoms with E-state index in [-0.39, 0.29) is 36.8 Å². The van der Waals surface area contributed by atoms with Crippen LogP contribution in [-0.2, 0) is 16.1 Å². The first kappa shape index (κ1) is 16.5. The van der Waals surface area contributed by atoms with Crippen LogP contribution in [0.5, 0.6) is 0 Å². The number of amides is 2. The molecule has 1 saturated heterocycles. The Hall–Kier alpha value is -2.96. The number of fused-ring (bicyclic) bond motifs is 3. The molecular weight excluding hydrogens is 335 g/mol. The molecule has 1 aromatic carbocycles. The molecule has 1 aromatic heterocycles. The predicted octanol–water partition coefficient (Wildman–Crippen LogP) is 1.85. The minimum atomic E-state index is -0.363. The number of nitrogens with zero attached hydrogens (tertiary/aromatic N) is 3. The van der Waals surface area contributed by atoms with Gasteiger partial charge < -0.3 is 10.2 Å². The molecular formula is C19H19FN4O2. The Balaban J connectivity index is 1.50. The van der Waals surface area contributed by atoms with Crippen LogP contribution in [0.15, 0.2) is 42.6 Å². The van der Waals surface area contributed by atoms with Crippen LogP contribution in [0.1, 0.15) is 18.4 Å². The van der Waals surface area contributed by atoms with Gasteiger partial charge in [-0.2, -0.15) is 0 Å². The van der Waals surface area contributed by atoms with Gasteiger partial charge in [0, 0.05) is 24.8 Å². The lowest BCUT2D eigenvalue weighted by molar-refractivity contribution is -0.124. The molecule has 7 heteroatoms. The molecule has 0 unspecified atom stereocenters. The van der Waals surface area contributed by atoms with Crippen molar-refractivity contribution in [3.05, 3.63) is 54.0 Å². The molecule has 2 aliphatic heterocycles. The van der Waals surface area contributed by atoms with Gasteiger partial charge >= 0.3 is 0 Å². The number of hydrogen-bond donors (Lipinski definition) is 1. The first-order valence-corrected chi connectivity index (χ1v) is 8.68. The number of carbonyl (C=O) groups excluding carboxylic acids is 2. The molecule has 0 aliphatic carbocycles. The molecule has 4 rings (SSSR count). The Morgan fingerprint density at radius 3 is 2.96 bits per heavy atom. The van der Waals surface area contributed by atoms with E-state index in [1.165, 1.54) is 11.0 Å². The Morgan fingerprint density at radius 1 is 1.27 bits per heavy atom. The molecule has 0 radical (unpaired) electrons. The van der Waals surface area contributed by atoms with Crippen LogP contribution in [0, 0.1) is 5.82 Å². The van der Waals surface area contributed by atoms with E-state index < -0.39 is 0 Å². The zero-order valence-electron chi connectivity index (χ0n) is 14.2. The molecule has 1 N–H and O–H groups in total. The summed E-state index contributed by atoms with van der Waals surface area (Å²) in [6.45, 7) is 0.785. The van der Waals surface area contributed by atoms with E-state index in [0.717, 1.165) is 25.2 Å². The quantitative estimate of drug-likeness (QED) is 0.910. The monoisotopic (exact) mass is 354 g/mol. The van der Waals surface area contributed by atoms with Gasteiger partial charge in [-0.05, 0) is 31.0 Å². The van der Waals surface area contributed by atoms with Crippen molar-refractivity contribution in [2.45, 2.75) is 25.4 Å². The van der Waals surface area contributed by atoms with Crippen molar-refractivity contribution in [2.75, 3.05) is 22.9 Å². The molecule has 2 aliphatic rings. The molecule has 1 fully saturated rings. The molecule has 26 heavy (non-hydrogen) atoms. The first-order valence-electron chi connectivity index (χ1n) is 8.68. The highest BCUT2D eigenvalue weighted by Gasteiger charge is 2.41. The van der Waals surface area contributed by atoms with Crippen molar-refractivity contribution in [1.82, 2.24) is 10.3 Å². The summed E-state index contributed by atoms with van der Waals surface area (Å²) in [5.74, 6) is -0.0265. The fourth-order valence-electron chi connectivity index (χ4n) is 3.59. The topological polar surface area (TPSA) is 65.5 Å². The van der Waals surface area contributed by atoms with Gasteiger partial charge in [0.2, 0.25) is 11.8 Å². The maximum atomic E-state index is 13.7. The standard InChI is InChI=1S/C19H19FN4O2/c20-14-6-2-1-5-13(14)11-22-17(25)12-24-15-7-3-9-21-18(15)23-10-4-8-16(23)19(24)26/h1-3,5-7,9,16H,4,8,10-12H2,(H,22,25)/t16-/m1/s1. The van der Waals surface area contributed by atoms with Gasteiger partial charge in [0.15, 0.2) is 5.82 Å². The van der Waals surface area contributed by atoms with E-state index >= 15 is 0 Å². The van der Waals surface area contributed by atoms with E-state index in [9.17, 15) is 14.0 Å². The van der Waals surface area contributed by atoms with Crippen LogP contribution in [0.3, 0.4) is 0 Å². The number of benzene rings is 1. The highest BCUT2D eigenvalue weighted by molar-refractivity contribution is 6.07. The zero-order valence-corrected chi connectivity index (χ0v) is 14.2. The number of carbonyl (C=O) groups is 2. The summed E-state index contributed by atoms with van der Waals surface area (Å²) in [5, 5.41) is 2.69. The SMILES string of the molecule is O=C(CN1C(=O)[C@H]2CCCN2c2ncccc21)NCc1ccccc1F. The van der Waals surface area contributed by atoms with Crippen LogP contribution in [0.4, 0.5) is 15.9 Å². The Labute approximate surface area is 150 Å². The van der Waals surface area contributed by atoms with Crippen molar-refractivity contribution >= 4 is 23.3 Å². The predicted molar refractivity (Wildman–Crippen MR) is 95.2 cm³/mol. The maximum Gasteiger partial charge on any atom is 0.250 e. The molecule has 6 nitrogen and oxygen atoms in total. The maximum absolute atomic E-state index is 13.7. The largest absolute Gasteiger partial charge is 0.350 e. The first-order chi connectivity index (χ1) is 12.6. The Bertz CT molecular complexity index is 857. The number of pyridine rings is 1. The van der Waals surface area contributed by atoms with Crippen LogP contribution in [-0.4, -0.2) is 35.9 Å². The summed E-state index contributed by atoms with van der Waals surface area (Å²) < 4.78 is 13.7. The van der Waals surface area contributed by atoms with Crippen LogP contribution in [0.25, 0.3) is 0 Å². The lowest BCUT2D eigenvalue weighted by Gasteiger charge is -2.38. The molecule has 0 saturated carbocycles. The second-order valence-electron chi connectivity index (χ2n) is 6.49. The minimum Gasteiger partial charge on any atom is -0.350 e. The molecule has 3 heterocycles. The number of rotatable bonds is 4. The van der Waals surface area contributed by atoms with Gasteiger partial charge in [0.25, 0.3) is 0 Å². The number of anilines is 2. The second-order valence-corrected chi connectivity index (χ2v) is 6.49. The van der Waals surface area contributed by atoms with Crippen LogP contribution < -0.4 is 15.1 Å². The average Bonchev–Trinajstić information content (AvgIpc) is 3.15. The van der Waals surface area contributed by atoms with Crippen molar-refractivity contribution < 1.29 is 14.0 Å². The summed E-state index contributed by atoms with van der Waals surface area (Å²) in [4.78, 5) is 33.2. The minimum absolute atomic E-state index is 0.0796. The van der Waals surface area contributed by atoms with Gasteiger partial charge in [-0.15, -0.1) is 0 Å². The van der Waals surface area contributed by atoms with Gasteiger partial charge in [-0.3, -0.25) is 14.5 Å². The van der Waals surface area contributed by atoms with E-state index in [2.05, 4.69) is 10.3 Å². The summed E-state index contributed by atoms with van der Waals surface area (Å²) in [5.41, 5.74) is 1.06. The van der Waals surface area contributed by atoms with E-state index in [4.69, 9.17) is 0 Å². The van der Waals surface area contributed by atoms with Gasteiger partial charge in [0.1, 0.15) is 18.4 Å². The van der Waals surface area contributed by atoms with Crippen molar-refractivity contribution in [2.24, 2.45) is 0 Å². The highest BCUT2D eigenvalue weighted by atomic mass is 19.1. The van der Waals surface area contributed by atoms with Gasteiger partial charge in [-0.25, -0.2) is 9.37 Å². The average molecular weight is 354 g/mol. The van der Waals surface area contributed by atoms with Crippen LogP contribution in [0.2, 0.25) is 0 Å². The fourth-order valence-corrected chi connectivity index (χ4v) is 3.59. The molecule has 134 valence electrons. The number of aromatic nitrogens is 1. The third kappa shape index (κ3) is 2.89. The van der Waals surface area contributed by atoms with Crippen LogP contribution >= 0.6 is 0 Å². The third-order valence-electron chi connectivity index (χ3n) is 4.87. The second kappa shape index (κ2) is 6.74. The van der Waals surface area contributed by atoms with Gasteiger partial charge in [-0.1, -0.05) is 18.2 Å². The van der Waals surface area contributed by atoms with Crippen molar-refractivity contribution in [3.8, 4) is 0 Å². The number of halogens is 1. The smallest absolute Gasteiger partial charge is 0.250 e. The fraction of sp³-hybridized carbons (Fsp3) is 0.316. The molecule has 0 spiro atoms. The molecule has 1 atom stereocenters. The normalized spacial score (nSPS) is 18.5.